The minimum absolute atomic E-state index is 0.150. The van der Waals surface area contributed by atoms with Gasteiger partial charge in [0, 0.05) is 55.5 Å². The standard InChI is InChI=1S/C24H26N8OS/c33-19-5-11-27-22-20(21-25-9-4-10-26-21)18(8-16-32(19)22)23-28-29-24(34-23)31-14-6-17(7-15-31)30-12-2-1-3-13-30/h4-5,8-11,16-17H,1-3,6-7,12-15H2. The molecule has 10 heteroatoms. The first-order valence-electron chi connectivity index (χ1n) is 11.9. The van der Waals surface area contributed by atoms with Crippen LogP contribution >= 0.6 is 11.3 Å². The first-order valence-corrected chi connectivity index (χ1v) is 12.7. The number of fused-ring (bicyclic) bond motifs is 1. The van der Waals surface area contributed by atoms with E-state index >= 15 is 0 Å². The molecule has 4 aromatic rings. The molecule has 4 aromatic heterocycles. The fraction of sp³-hybridized carbons (Fsp3) is 0.417. The smallest absolute Gasteiger partial charge is 0.257 e. The van der Waals surface area contributed by atoms with Gasteiger partial charge in [0.15, 0.2) is 11.5 Å². The number of hydrogen-bond donors (Lipinski definition) is 0. The maximum absolute atomic E-state index is 12.4. The Morgan fingerprint density at radius 1 is 0.882 bits per heavy atom. The van der Waals surface area contributed by atoms with Crippen LogP contribution in [0.15, 0.2) is 47.8 Å². The molecule has 0 radical (unpaired) electrons. The average molecular weight is 475 g/mol. The predicted molar refractivity (Wildman–Crippen MR) is 132 cm³/mol. The monoisotopic (exact) mass is 474 g/mol. The van der Waals surface area contributed by atoms with E-state index in [1.807, 2.05) is 6.07 Å². The molecule has 0 aliphatic carbocycles. The van der Waals surface area contributed by atoms with E-state index in [-0.39, 0.29) is 5.56 Å². The second kappa shape index (κ2) is 9.19. The minimum Gasteiger partial charge on any atom is -0.347 e. The van der Waals surface area contributed by atoms with Crippen molar-refractivity contribution < 1.29 is 0 Å². The maximum atomic E-state index is 12.4. The number of likely N-dealkylation sites (tertiary alicyclic amines) is 1. The van der Waals surface area contributed by atoms with Gasteiger partial charge in [-0.05, 0) is 50.9 Å². The van der Waals surface area contributed by atoms with Crippen molar-refractivity contribution in [2.75, 3.05) is 31.1 Å². The van der Waals surface area contributed by atoms with Crippen LogP contribution in [0.2, 0.25) is 0 Å². The summed E-state index contributed by atoms with van der Waals surface area (Å²) in [5, 5.41) is 10.8. The van der Waals surface area contributed by atoms with E-state index in [1.165, 1.54) is 61.9 Å². The number of nitrogens with zero attached hydrogens (tertiary/aromatic N) is 8. The summed E-state index contributed by atoms with van der Waals surface area (Å²) in [6, 6.07) is 5.79. The molecule has 9 nitrogen and oxygen atoms in total. The molecule has 0 aromatic carbocycles. The lowest BCUT2D eigenvalue weighted by Crippen LogP contribution is -2.46. The molecule has 6 heterocycles. The minimum atomic E-state index is -0.150. The molecule has 0 bridgehead atoms. The molecule has 0 saturated carbocycles. The summed E-state index contributed by atoms with van der Waals surface area (Å²) >= 11 is 1.57. The fourth-order valence-corrected chi connectivity index (χ4v) is 6.01. The third kappa shape index (κ3) is 3.97. The Bertz CT molecular complexity index is 1340. The van der Waals surface area contributed by atoms with Crippen LogP contribution in [0.1, 0.15) is 32.1 Å². The number of aromatic nitrogens is 6. The highest BCUT2D eigenvalue weighted by Gasteiger charge is 2.27. The molecule has 34 heavy (non-hydrogen) atoms. The predicted octanol–water partition coefficient (Wildman–Crippen LogP) is 3.12. The van der Waals surface area contributed by atoms with Crippen LogP contribution in [0.4, 0.5) is 5.13 Å². The number of rotatable bonds is 4. The van der Waals surface area contributed by atoms with Gasteiger partial charge in [0.2, 0.25) is 5.13 Å². The van der Waals surface area contributed by atoms with E-state index in [4.69, 9.17) is 0 Å². The van der Waals surface area contributed by atoms with Crippen LogP contribution in [-0.4, -0.2) is 66.7 Å². The molecule has 0 atom stereocenters. The SMILES string of the molecule is O=c1ccnc2c(-c3ncccn3)c(-c3nnc(N4CCC(N5CCCCC5)CC4)s3)ccn12. The van der Waals surface area contributed by atoms with Gasteiger partial charge in [0.1, 0.15) is 5.01 Å². The Morgan fingerprint density at radius 2 is 1.68 bits per heavy atom. The van der Waals surface area contributed by atoms with Crippen molar-refractivity contribution in [1.82, 2.24) is 34.4 Å². The average Bonchev–Trinajstić information content (AvgIpc) is 3.40. The molecule has 0 unspecified atom stereocenters. The van der Waals surface area contributed by atoms with Crippen LogP contribution in [0.3, 0.4) is 0 Å². The third-order valence-electron chi connectivity index (χ3n) is 6.84. The van der Waals surface area contributed by atoms with Crippen LogP contribution in [0.25, 0.3) is 27.6 Å². The van der Waals surface area contributed by atoms with Gasteiger partial charge in [-0.2, -0.15) is 0 Å². The second-order valence-corrected chi connectivity index (χ2v) is 9.81. The van der Waals surface area contributed by atoms with E-state index in [2.05, 4.69) is 34.9 Å². The lowest BCUT2D eigenvalue weighted by molar-refractivity contribution is 0.141. The first kappa shape index (κ1) is 21.3. The van der Waals surface area contributed by atoms with Crippen molar-refractivity contribution in [1.29, 1.82) is 0 Å². The highest BCUT2D eigenvalue weighted by molar-refractivity contribution is 7.18. The highest BCUT2D eigenvalue weighted by Crippen LogP contribution is 2.37. The molecule has 0 N–H and O–H groups in total. The quantitative estimate of drug-likeness (QED) is 0.446. The zero-order valence-corrected chi connectivity index (χ0v) is 19.7. The summed E-state index contributed by atoms with van der Waals surface area (Å²) in [5.74, 6) is 0.507. The number of hydrogen-bond acceptors (Lipinski definition) is 9. The summed E-state index contributed by atoms with van der Waals surface area (Å²) in [7, 11) is 0. The molecule has 2 aliphatic rings. The van der Waals surface area contributed by atoms with Crippen LogP contribution < -0.4 is 10.5 Å². The fourth-order valence-electron chi connectivity index (χ4n) is 5.09. The van der Waals surface area contributed by atoms with Gasteiger partial charge < -0.3 is 9.80 Å². The Labute approximate surface area is 201 Å². The first-order chi connectivity index (χ1) is 16.8. The molecule has 6 rings (SSSR count). The molecule has 174 valence electrons. The van der Waals surface area contributed by atoms with E-state index in [0.717, 1.165) is 28.8 Å². The Balaban J connectivity index is 1.31. The van der Waals surface area contributed by atoms with Crippen LogP contribution in [0.5, 0.6) is 0 Å². The highest BCUT2D eigenvalue weighted by atomic mass is 32.1. The Kier molecular flexibility index (Phi) is 5.76. The normalized spacial score (nSPS) is 17.9. The summed E-state index contributed by atoms with van der Waals surface area (Å²) in [5.41, 5.74) is 1.88. The number of pyridine rings is 1. The second-order valence-electron chi connectivity index (χ2n) is 8.86. The van der Waals surface area contributed by atoms with Crippen molar-refractivity contribution >= 4 is 22.1 Å². The van der Waals surface area contributed by atoms with Gasteiger partial charge >= 0.3 is 0 Å². The van der Waals surface area contributed by atoms with Crippen molar-refractivity contribution in [3.63, 3.8) is 0 Å². The van der Waals surface area contributed by atoms with Gasteiger partial charge in [-0.25, -0.2) is 15.0 Å². The zero-order chi connectivity index (χ0) is 22.9. The molecular weight excluding hydrogens is 448 g/mol. The molecule has 0 spiro atoms. The van der Waals surface area contributed by atoms with Gasteiger partial charge in [-0.3, -0.25) is 9.20 Å². The van der Waals surface area contributed by atoms with Crippen LogP contribution in [-0.2, 0) is 0 Å². The largest absolute Gasteiger partial charge is 0.347 e. The van der Waals surface area contributed by atoms with Gasteiger partial charge in [0.05, 0.1) is 5.56 Å². The summed E-state index contributed by atoms with van der Waals surface area (Å²) in [6.07, 6.45) is 13.0. The topological polar surface area (TPSA) is 92.4 Å². The van der Waals surface area contributed by atoms with Crippen molar-refractivity contribution in [2.24, 2.45) is 0 Å². The molecular formula is C24H26N8OS. The van der Waals surface area contributed by atoms with E-state index < -0.39 is 0 Å². The van der Waals surface area contributed by atoms with E-state index in [0.29, 0.717) is 23.1 Å². The number of anilines is 1. The Hall–Kier alpha value is -3.24. The summed E-state index contributed by atoms with van der Waals surface area (Å²) in [4.78, 5) is 30.8. The lowest BCUT2D eigenvalue weighted by atomic mass is 10.0. The van der Waals surface area contributed by atoms with Crippen molar-refractivity contribution in [3.8, 4) is 22.0 Å². The summed E-state index contributed by atoms with van der Waals surface area (Å²) < 4.78 is 1.52. The molecule has 2 aliphatic heterocycles. The number of piperidine rings is 2. The summed E-state index contributed by atoms with van der Waals surface area (Å²) in [6.45, 7) is 4.49. The third-order valence-corrected chi connectivity index (χ3v) is 7.86. The van der Waals surface area contributed by atoms with E-state index in [1.54, 1.807) is 36.0 Å². The van der Waals surface area contributed by atoms with Gasteiger partial charge in [-0.15, -0.1) is 10.2 Å². The zero-order valence-electron chi connectivity index (χ0n) is 18.9. The molecule has 0 amide bonds. The van der Waals surface area contributed by atoms with Crippen LogP contribution in [0, 0.1) is 0 Å². The molecule has 2 fully saturated rings. The Morgan fingerprint density at radius 3 is 2.47 bits per heavy atom. The lowest BCUT2D eigenvalue weighted by Gasteiger charge is -2.40. The van der Waals surface area contributed by atoms with Gasteiger partial charge in [-0.1, -0.05) is 17.8 Å². The van der Waals surface area contributed by atoms with Gasteiger partial charge in [0.25, 0.3) is 5.56 Å². The molecule has 2 saturated heterocycles. The van der Waals surface area contributed by atoms with E-state index in [9.17, 15) is 4.79 Å². The maximum Gasteiger partial charge on any atom is 0.257 e. The van der Waals surface area contributed by atoms with Crippen molar-refractivity contribution in [3.05, 3.63) is 53.3 Å². The van der Waals surface area contributed by atoms with Crippen molar-refractivity contribution in [2.45, 2.75) is 38.1 Å².